The van der Waals surface area contributed by atoms with E-state index in [2.05, 4.69) is 37.2 Å². The fourth-order valence-electron chi connectivity index (χ4n) is 6.29. The van der Waals surface area contributed by atoms with Gasteiger partial charge in [0.2, 0.25) is 23.6 Å². The quantitative estimate of drug-likeness (QED) is 0.157. The molecule has 0 aliphatic carbocycles. The van der Waals surface area contributed by atoms with Crippen LogP contribution in [-0.2, 0) is 54.5 Å². The Labute approximate surface area is 322 Å². The van der Waals surface area contributed by atoms with Crippen LogP contribution >= 0.6 is 15.9 Å². The Bertz CT molecular complexity index is 1920. The van der Waals surface area contributed by atoms with Crippen molar-refractivity contribution < 1.29 is 33.9 Å². The Kier molecular flexibility index (Phi) is 14.3. The lowest BCUT2D eigenvalue weighted by Gasteiger charge is -2.26. The van der Waals surface area contributed by atoms with Gasteiger partial charge in [0.15, 0.2) is 5.78 Å². The summed E-state index contributed by atoms with van der Waals surface area (Å²) in [5.41, 5.74) is 3.52. The number of carbonyl (C=O) groups excluding carboxylic acids is 5. The lowest BCUT2D eigenvalue weighted by atomic mass is 9.90. The topological polar surface area (TPSA) is 171 Å². The fourth-order valence-corrected chi connectivity index (χ4v) is 6.55. The third kappa shape index (κ3) is 12.2. The number of aryl methyl sites for hydroxylation is 1. The molecule has 4 aromatic rings. The monoisotopic (exact) mass is 794 g/mol. The van der Waals surface area contributed by atoms with Gasteiger partial charge in [0.1, 0.15) is 12.1 Å². The third-order valence-corrected chi connectivity index (χ3v) is 9.81. The molecule has 0 saturated heterocycles. The summed E-state index contributed by atoms with van der Waals surface area (Å²) in [4.78, 5) is 80.7. The summed E-state index contributed by atoms with van der Waals surface area (Å²) in [6.07, 6.45) is 0.144. The largest absolute Gasteiger partial charge is 0.481 e. The van der Waals surface area contributed by atoms with E-state index >= 15 is 0 Å². The molecule has 0 unspecified atom stereocenters. The second-order valence-electron chi connectivity index (χ2n) is 13.4. The minimum Gasteiger partial charge on any atom is -0.481 e. The molecule has 54 heavy (non-hydrogen) atoms. The number of anilines is 1. The Morgan fingerprint density at radius 1 is 0.611 bits per heavy atom. The number of aliphatic carboxylic acids is 1. The van der Waals surface area contributed by atoms with Gasteiger partial charge in [-0.15, -0.1) is 0 Å². The highest BCUT2D eigenvalue weighted by Crippen LogP contribution is 2.19. The summed E-state index contributed by atoms with van der Waals surface area (Å²) in [5.74, 6) is -4.91. The second-order valence-corrected chi connectivity index (χ2v) is 14.4. The standard InChI is InChI=1S/C42H43BrN4O7/c43-32-16-11-30(12-17-32)25-36-41(52)46-35(24-28-9-5-2-6-10-28)37(48)26-31(42(53)54)23-29-13-18-33(19-14-29)44-38(49)21-22-39(50)45-34(40(51)47-36)20-15-27-7-3-1-4-8-27/h1-14,16-19,31,34-36H,15,20-26H2,(H,44,49)(H,45,50)(H,46,52)(H,47,51)(H,53,54)/t31-,34+,35+,36-/m0/s1. The second kappa shape index (κ2) is 19.5. The maximum Gasteiger partial charge on any atom is 0.307 e. The van der Waals surface area contributed by atoms with E-state index in [9.17, 15) is 33.9 Å². The minimum absolute atomic E-state index is 0.0358. The molecule has 0 aromatic heterocycles. The van der Waals surface area contributed by atoms with Gasteiger partial charge in [-0.2, -0.15) is 0 Å². The first kappa shape index (κ1) is 39.6. The molecule has 0 fully saturated rings. The van der Waals surface area contributed by atoms with Crippen molar-refractivity contribution in [1.29, 1.82) is 0 Å². The van der Waals surface area contributed by atoms with Crippen molar-refractivity contribution >= 4 is 57.0 Å². The maximum atomic E-state index is 14.2. The molecule has 4 amide bonds. The molecule has 2 heterocycles. The van der Waals surface area contributed by atoms with E-state index in [1.165, 1.54) is 0 Å². The van der Waals surface area contributed by atoms with Crippen LogP contribution < -0.4 is 21.3 Å². The van der Waals surface area contributed by atoms with Crippen LogP contribution in [-0.4, -0.2) is 58.6 Å². The first-order valence-electron chi connectivity index (χ1n) is 17.9. The number of benzene rings is 4. The summed E-state index contributed by atoms with van der Waals surface area (Å²) in [5, 5.41) is 21.4. The fraction of sp³-hybridized carbons (Fsp3) is 0.286. The van der Waals surface area contributed by atoms with Gasteiger partial charge in [-0.3, -0.25) is 28.8 Å². The number of hydrogen-bond acceptors (Lipinski definition) is 6. The molecule has 5 N–H and O–H groups in total. The number of hydrogen-bond donors (Lipinski definition) is 5. The zero-order valence-electron chi connectivity index (χ0n) is 29.6. The lowest BCUT2D eigenvalue weighted by Crippen LogP contribution is -2.57. The number of fused-ring (bicyclic) bond motifs is 18. The van der Waals surface area contributed by atoms with Crippen molar-refractivity contribution in [3.8, 4) is 0 Å². The van der Waals surface area contributed by atoms with E-state index in [-0.39, 0.29) is 44.9 Å². The highest BCUT2D eigenvalue weighted by Gasteiger charge is 2.32. The summed E-state index contributed by atoms with van der Waals surface area (Å²) >= 11 is 3.42. The van der Waals surface area contributed by atoms with Crippen LogP contribution in [0.2, 0.25) is 0 Å². The van der Waals surface area contributed by atoms with E-state index in [4.69, 9.17) is 0 Å². The van der Waals surface area contributed by atoms with E-state index in [0.717, 1.165) is 21.2 Å². The molecule has 2 aliphatic heterocycles. The highest BCUT2D eigenvalue weighted by molar-refractivity contribution is 9.10. The van der Waals surface area contributed by atoms with Gasteiger partial charge in [0.05, 0.1) is 12.0 Å². The number of nitrogens with one attached hydrogen (secondary N) is 4. The Balaban J connectivity index is 1.49. The van der Waals surface area contributed by atoms with Crippen LogP contribution in [0.15, 0.2) is 114 Å². The van der Waals surface area contributed by atoms with E-state index < -0.39 is 59.4 Å². The van der Waals surface area contributed by atoms with Gasteiger partial charge in [-0.1, -0.05) is 101 Å². The number of halogens is 1. The average Bonchev–Trinajstić information content (AvgIpc) is 3.16. The van der Waals surface area contributed by atoms with Crippen molar-refractivity contribution in [2.24, 2.45) is 5.92 Å². The molecule has 11 nitrogen and oxygen atoms in total. The molecular formula is C42H43BrN4O7. The molecule has 2 aliphatic rings. The first-order chi connectivity index (χ1) is 26.0. The molecule has 4 atom stereocenters. The van der Waals surface area contributed by atoms with Gasteiger partial charge >= 0.3 is 5.97 Å². The Morgan fingerprint density at radius 3 is 1.81 bits per heavy atom. The van der Waals surface area contributed by atoms with Crippen LogP contribution in [0, 0.1) is 5.92 Å². The number of amides is 4. The molecule has 0 spiro atoms. The number of carboxylic acid groups (broad SMARTS) is 1. The van der Waals surface area contributed by atoms with Crippen LogP contribution in [0.3, 0.4) is 0 Å². The predicted molar refractivity (Wildman–Crippen MR) is 207 cm³/mol. The molecule has 6 rings (SSSR count). The number of carboxylic acids is 1. The summed E-state index contributed by atoms with van der Waals surface area (Å²) in [6, 6.07) is 29.0. The SMILES string of the molecule is O=C1CCC(=O)N[C@H](CCc2ccccc2)C(=O)N[C@@H](Cc2ccc(Br)cc2)C(=O)N[C@H](Cc2ccccc2)C(=O)C[C@@H](C(=O)O)Cc2ccc(cc2)N1. The molecule has 2 bridgehead atoms. The number of ketones is 1. The first-order valence-corrected chi connectivity index (χ1v) is 18.7. The van der Waals surface area contributed by atoms with Gasteiger partial charge in [0, 0.05) is 35.8 Å². The van der Waals surface area contributed by atoms with Gasteiger partial charge in [0.25, 0.3) is 0 Å². The van der Waals surface area contributed by atoms with Gasteiger partial charge < -0.3 is 26.4 Å². The number of carbonyl (C=O) groups is 6. The normalized spacial score (nSPS) is 20.5. The van der Waals surface area contributed by atoms with E-state index in [1.54, 1.807) is 36.4 Å². The minimum atomic E-state index is -1.17. The summed E-state index contributed by atoms with van der Waals surface area (Å²) in [6.45, 7) is 0. The Morgan fingerprint density at radius 2 is 1.17 bits per heavy atom. The van der Waals surface area contributed by atoms with Crippen molar-refractivity contribution in [3.05, 3.63) is 136 Å². The van der Waals surface area contributed by atoms with Crippen LogP contribution in [0.1, 0.15) is 47.9 Å². The summed E-state index contributed by atoms with van der Waals surface area (Å²) in [7, 11) is 0. The number of rotatable bonds is 8. The third-order valence-electron chi connectivity index (χ3n) is 9.29. The van der Waals surface area contributed by atoms with E-state index in [1.807, 2.05) is 72.8 Å². The molecule has 0 saturated carbocycles. The maximum absolute atomic E-state index is 14.2. The van der Waals surface area contributed by atoms with Crippen molar-refractivity contribution in [2.75, 3.05) is 5.32 Å². The molecule has 4 aromatic carbocycles. The predicted octanol–water partition coefficient (Wildman–Crippen LogP) is 4.96. The van der Waals surface area contributed by atoms with Crippen LogP contribution in [0.5, 0.6) is 0 Å². The molecular weight excluding hydrogens is 752 g/mol. The van der Waals surface area contributed by atoms with E-state index in [0.29, 0.717) is 17.7 Å². The summed E-state index contributed by atoms with van der Waals surface area (Å²) < 4.78 is 0.821. The van der Waals surface area contributed by atoms with Crippen molar-refractivity contribution in [3.63, 3.8) is 0 Å². The molecule has 0 radical (unpaired) electrons. The Hall–Kier alpha value is -5.62. The van der Waals surface area contributed by atoms with Gasteiger partial charge in [-0.05, 0) is 72.2 Å². The van der Waals surface area contributed by atoms with Crippen molar-refractivity contribution in [1.82, 2.24) is 16.0 Å². The zero-order chi connectivity index (χ0) is 38.5. The lowest BCUT2D eigenvalue weighted by molar-refractivity contribution is -0.144. The molecule has 12 heteroatoms. The van der Waals surface area contributed by atoms with Crippen LogP contribution in [0.4, 0.5) is 5.69 Å². The smallest absolute Gasteiger partial charge is 0.307 e. The van der Waals surface area contributed by atoms with Gasteiger partial charge in [-0.25, -0.2) is 0 Å². The molecule has 280 valence electrons. The average molecular weight is 796 g/mol. The zero-order valence-corrected chi connectivity index (χ0v) is 31.2. The van der Waals surface area contributed by atoms with Crippen molar-refractivity contribution in [2.45, 2.75) is 69.5 Å². The highest BCUT2D eigenvalue weighted by atomic mass is 79.9. The van der Waals surface area contributed by atoms with Crippen LogP contribution in [0.25, 0.3) is 0 Å². The number of Topliss-reactive ketones (excluding diaryl/α,β-unsaturated/α-hetero) is 1.